The van der Waals surface area contributed by atoms with Gasteiger partial charge in [-0.2, -0.15) is 8.42 Å². The monoisotopic (exact) mass is 414 g/mol. The van der Waals surface area contributed by atoms with Crippen molar-refractivity contribution in [3.05, 3.63) is 35.9 Å². The maximum absolute atomic E-state index is 11.6. The maximum atomic E-state index is 11.6. The summed E-state index contributed by atoms with van der Waals surface area (Å²) in [6.07, 6.45) is 1.98. The van der Waals surface area contributed by atoms with Crippen molar-refractivity contribution in [3.63, 3.8) is 0 Å². The van der Waals surface area contributed by atoms with Gasteiger partial charge in [0, 0.05) is 12.3 Å². The molecule has 0 amide bonds. The molecule has 0 radical (unpaired) electrons. The lowest BCUT2D eigenvalue weighted by atomic mass is 10.1. The van der Waals surface area contributed by atoms with Crippen LogP contribution in [0.1, 0.15) is 39.2 Å². The molecular formula is C20H34O5SSi. The molecule has 1 fully saturated rings. The van der Waals surface area contributed by atoms with Crippen LogP contribution in [-0.2, 0) is 30.1 Å². The highest BCUT2D eigenvalue weighted by Crippen LogP contribution is 2.41. The van der Waals surface area contributed by atoms with Gasteiger partial charge in [0.1, 0.15) is 0 Å². The molecule has 7 heteroatoms. The average Bonchev–Trinajstić information content (AvgIpc) is 2.86. The van der Waals surface area contributed by atoms with Gasteiger partial charge in [0.05, 0.1) is 31.7 Å². The Morgan fingerprint density at radius 2 is 1.74 bits per heavy atom. The summed E-state index contributed by atoms with van der Waals surface area (Å²) < 4.78 is 40.9. The molecule has 0 bridgehead atoms. The zero-order chi connectivity index (χ0) is 20.3. The second-order valence-corrected chi connectivity index (χ2v) is 15.4. The van der Waals surface area contributed by atoms with E-state index >= 15 is 0 Å². The van der Waals surface area contributed by atoms with Gasteiger partial charge in [-0.25, -0.2) is 0 Å². The molecule has 0 aromatic heterocycles. The minimum atomic E-state index is -3.48. The molecule has 1 aromatic carbocycles. The van der Waals surface area contributed by atoms with Gasteiger partial charge in [0.25, 0.3) is 10.1 Å². The SMILES string of the molecule is CC(C)(C)[Si](C)(C)O[C@H]1C[C@@H](OS(C)(=O)=O)C[C@H]1COCc1ccccc1. The van der Waals surface area contributed by atoms with Crippen LogP contribution in [-0.4, -0.2) is 41.8 Å². The number of ether oxygens (including phenoxy) is 1. The zero-order valence-electron chi connectivity index (χ0n) is 17.4. The molecule has 0 saturated heterocycles. The standard InChI is InChI=1S/C20H34O5SSi/c1-20(2,3)27(5,6)25-19-13-18(24-26(4,21)22)12-17(19)15-23-14-16-10-8-7-9-11-16/h7-11,17-19H,12-15H2,1-6H3/t17-,18-,19-/m0/s1. The summed E-state index contributed by atoms with van der Waals surface area (Å²) >= 11 is 0. The first-order valence-corrected chi connectivity index (χ1v) is 14.3. The molecule has 0 N–H and O–H groups in total. The molecule has 2 rings (SSSR count). The average molecular weight is 415 g/mol. The number of hydrogen-bond acceptors (Lipinski definition) is 5. The van der Waals surface area contributed by atoms with Crippen molar-refractivity contribution in [2.75, 3.05) is 12.9 Å². The maximum Gasteiger partial charge on any atom is 0.264 e. The normalized spacial score (nSPS) is 24.3. The summed E-state index contributed by atoms with van der Waals surface area (Å²) in [6.45, 7) is 12.2. The molecule has 0 heterocycles. The lowest BCUT2D eigenvalue weighted by Gasteiger charge is -2.39. The summed E-state index contributed by atoms with van der Waals surface area (Å²) in [4.78, 5) is 0. The summed E-state index contributed by atoms with van der Waals surface area (Å²) in [6, 6.07) is 10.0. The molecule has 3 atom stereocenters. The van der Waals surface area contributed by atoms with Crippen molar-refractivity contribution in [3.8, 4) is 0 Å². The van der Waals surface area contributed by atoms with Gasteiger partial charge >= 0.3 is 0 Å². The van der Waals surface area contributed by atoms with Crippen molar-refractivity contribution < 1.29 is 21.8 Å². The molecular weight excluding hydrogens is 380 g/mol. The predicted molar refractivity (Wildman–Crippen MR) is 111 cm³/mol. The van der Waals surface area contributed by atoms with Crippen LogP contribution in [0.5, 0.6) is 0 Å². The van der Waals surface area contributed by atoms with E-state index in [2.05, 4.69) is 33.9 Å². The minimum Gasteiger partial charge on any atom is -0.413 e. The van der Waals surface area contributed by atoms with Crippen LogP contribution < -0.4 is 0 Å². The summed E-state index contributed by atoms with van der Waals surface area (Å²) in [5.74, 6) is 0.134. The Balaban J connectivity index is 2.02. The van der Waals surface area contributed by atoms with Crippen LogP contribution in [0.25, 0.3) is 0 Å². The van der Waals surface area contributed by atoms with E-state index < -0.39 is 18.4 Å². The van der Waals surface area contributed by atoms with Gasteiger partial charge in [-0.1, -0.05) is 51.1 Å². The van der Waals surface area contributed by atoms with Gasteiger partial charge in [0.2, 0.25) is 0 Å². The first-order valence-electron chi connectivity index (χ1n) is 9.55. The Kier molecular flexibility index (Phi) is 7.30. The van der Waals surface area contributed by atoms with E-state index in [4.69, 9.17) is 13.3 Å². The van der Waals surface area contributed by atoms with Crippen molar-refractivity contribution in [2.24, 2.45) is 5.92 Å². The second kappa shape index (κ2) is 8.74. The highest BCUT2D eigenvalue weighted by atomic mass is 32.2. The van der Waals surface area contributed by atoms with E-state index in [9.17, 15) is 8.42 Å². The van der Waals surface area contributed by atoms with Gasteiger partial charge in [-0.3, -0.25) is 4.18 Å². The zero-order valence-corrected chi connectivity index (χ0v) is 19.2. The molecule has 5 nitrogen and oxygen atoms in total. The summed E-state index contributed by atoms with van der Waals surface area (Å²) in [5.41, 5.74) is 1.13. The number of benzene rings is 1. The van der Waals surface area contributed by atoms with Crippen LogP contribution in [0.4, 0.5) is 0 Å². The van der Waals surface area contributed by atoms with Gasteiger partial charge in [-0.15, -0.1) is 0 Å². The summed E-state index contributed by atoms with van der Waals surface area (Å²) in [7, 11) is -5.44. The van der Waals surface area contributed by atoms with Crippen molar-refractivity contribution in [1.82, 2.24) is 0 Å². The van der Waals surface area contributed by atoms with Crippen molar-refractivity contribution in [1.29, 1.82) is 0 Å². The molecule has 1 aliphatic rings. The van der Waals surface area contributed by atoms with Crippen molar-refractivity contribution in [2.45, 2.75) is 70.6 Å². The van der Waals surface area contributed by atoms with Crippen LogP contribution in [0, 0.1) is 5.92 Å². The van der Waals surface area contributed by atoms with E-state index in [0.29, 0.717) is 26.1 Å². The molecule has 154 valence electrons. The van der Waals surface area contributed by atoms with Gasteiger partial charge in [0.15, 0.2) is 8.32 Å². The first kappa shape index (κ1) is 22.6. The van der Waals surface area contributed by atoms with Crippen molar-refractivity contribution >= 4 is 18.4 Å². The Morgan fingerprint density at radius 3 is 2.30 bits per heavy atom. The first-order chi connectivity index (χ1) is 12.4. The third kappa shape index (κ3) is 6.98. The van der Waals surface area contributed by atoms with Gasteiger partial charge < -0.3 is 9.16 Å². The molecule has 0 aliphatic heterocycles. The highest BCUT2D eigenvalue weighted by Gasteiger charge is 2.44. The van der Waals surface area contributed by atoms with Crippen LogP contribution in [0.3, 0.4) is 0 Å². The van der Waals surface area contributed by atoms with Crippen LogP contribution in [0.15, 0.2) is 30.3 Å². The number of hydrogen-bond donors (Lipinski definition) is 0. The third-order valence-corrected chi connectivity index (χ3v) is 10.7. The minimum absolute atomic E-state index is 0.0339. The van der Waals surface area contributed by atoms with E-state index in [1.807, 2.05) is 30.3 Å². The Hall–Kier alpha value is -0.733. The lowest BCUT2D eigenvalue weighted by Crippen LogP contribution is -2.45. The Morgan fingerprint density at radius 1 is 1.11 bits per heavy atom. The second-order valence-electron chi connectivity index (χ2n) is 9.07. The molecule has 1 saturated carbocycles. The molecule has 0 spiro atoms. The Labute approximate surface area is 165 Å². The largest absolute Gasteiger partial charge is 0.413 e. The Bertz CT molecular complexity index is 697. The number of rotatable bonds is 8. The topological polar surface area (TPSA) is 61.8 Å². The van der Waals surface area contributed by atoms with Crippen LogP contribution in [0.2, 0.25) is 18.1 Å². The molecule has 27 heavy (non-hydrogen) atoms. The molecule has 1 aliphatic carbocycles. The van der Waals surface area contributed by atoms with Gasteiger partial charge in [-0.05, 0) is 30.1 Å². The molecule has 0 unspecified atom stereocenters. The summed E-state index contributed by atoms with van der Waals surface area (Å²) in [5, 5.41) is 0.0955. The van der Waals surface area contributed by atoms with E-state index in [-0.39, 0.29) is 23.2 Å². The molecule has 1 aromatic rings. The smallest absolute Gasteiger partial charge is 0.264 e. The fourth-order valence-electron chi connectivity index (χ4n) is 3.14. The predicted octanol–water partition coefficient (Wildman–Crippen LogP) is 4.35. The van der Waals surface area contributed by atoms with E-state index in [0.717, 1.165) is 11.8 Å². The fraction of sp³-hybridized carbons (Fsp3) is 0.700. The van der Waals surface area contributed by atoms with E-state index in [1.54, 1.807) is 0 Å². The third-order valence-electron chi connectivity index (χ3n) is 5.59. The fourth-order valence-corrected chi connectivity index (χ4v) is 5.19. The van der Waals surface area contributed by atoms with E-state index in [1.165, 1.54) is 0 Å². The quantitative estimate of drug-likeness (QED) is 0.467. The highest BCUT2D eigenvalue weighted by molar-refractivity contribution is 7.86. The lowest BCUT2D eigenvalue weighted by molar-refractivity contribution is 0.0411. The van der Waals surface area contributed by atoms with Crippen LogP contribution >= 0.6 is 0 Å².